The lowest BCUT2D eigenvalue weighted by Gasteiger charge is -2.59. The van der Waals surface area contributed by atoms with Crippen LogP contribution in [-0.4, -0.2) is 46.3 Å². The van der Waals surface area contributed by atoms with Crippen molar-refractivity contribution < 1.29 is 33.4 Å². The van der Waals surface area contributed by atoms with E-state index in [1.54, 1.807) is 20.8 Å². The molecule has 1 N–H and O–H groups in total. The molecule has 4 aliphatic rings. The number of ketones is 3. The van der Waals surface area contributed by atoms with Crippen molar-refractivity contribution in [1.82, 2.24) is 0 Å². The summed E-state index contributed by atoms with van der Waals surface area (Å²) in [6.45, 7) is 5.70. The Labute approximate surface area is 180 Å². The molecular formula is C24H29FO6. The third kappa shape index (κ3) is 2.58. The lowest BCUT2D eigenvalue weighted by Crippen LogP contribution is -2.68. The van der Waals surface area contributed by atoms with Crippen LogP contribution in [-0.2, 0) is 23.9 Å². The van der Waals surface area contributed by atoms with E-state index in [1.807, 2.05) is 0 Å². The Balaban J connectivity index is 1.77. The van der Waals surface area contributed by atoms with Crippen LogP contribution in [0.15, 0.2) is 23.8 Å². The van der Waals surface area contributed by atoms with E-state index >= 15 is 4.39 Å². The van der Waals surface area contributed by atoms with E-state index in [0.29, 0.717) is 24.8 Å². The number of allylic oxidation sites excluding steroid dienone is 4. The molecule has 3 saturated carbocycles. The Morgan fingerprint density at radius 2 is 1.94 bits per heavy atom. The van der Waals surface area contributed by atoms with Gasteiger partial charge in [-0.25, -0.2) is 4.39 Å². The van der Waals surface area contributed by atoms with Gasteiger partial charge in [0.2, 0.25) is 5.78 Å². The molecule has 0 bridgehead atoms. The van der Waals surface area contributed by atoms with Crippen molar-refractivity contribution in [3.05, 3.63) is 23.8 Å². The van der Waals surface area contributed by atoms with E-state index in [-0.39, 0.29) is 12.2 Å². The van der Waals surface area contributed by atoms with Crippen molar-refractivity contribution in [2.45, 2.75) is 64.6 Å². The molecule has 2 unspecified atom stereocenters. The largest absolute Gasteiger partial charge is 0.458 e. The van der Waals surface area contributed by atoms with Crippen LogP contribution in [0.4, 0.5) is 4.39 Å². The predicted molar refractivity (Wildman–Crippen MR) is 108 cm³/mol. The van der Waals surface area contributed by atoms with Crippen molar-refractivity contribution in [3.8, 4) is 0 Å². The Bertz CT molecular complexity index is 952. The highest BCUT2D eigenvalue weighted by atomic mass is 19.1. The molecule has 6 nitrogen and oxygen atoms in total. The molecule has 7 atom stereocenters. The summed E-state index contributed by atoms with van der Waals surface area (Å²) in [4.78, 5) is 49.6. The third-order valence-corrected chi connectivity index (χ3v) is 8.82. The van der Waals surface area contributed by atoms with Crippen LogP contribution in [0.1, 0.15) is 53.4 Å². The molecule has 0 aromatic heterocycles. The molecule has 0 radical (unpaired) electrons. The normalized spacial score (nSPS) is 46.0. The molecule has 31 heavy (non-hydrogen) atoms. The molecule has 4 aliphatic carbocycles. The van der Waals surface area contributed by atoms with Gasteiger partial charge in [-0.05, 0) is 50.2 Å². The van der Waals surface area contributed by atoms with E-state index in [9.17, 15) is 24.3 Å². The zero-order chi connectivity index (χ0) is 23.0. The van der Waals surface area contributed by atoms with Gasteiger partial charge in [0, 0.05) is 30.1 Å². The monoisotopic (exact) mass is 432 g/mol. The molecule has 3 fully saturated rings. The predicted octanol–water partition coefficient (Wildman–Crippen LogP) is 2.67. The number of aliphatic hydroxyl groups is 1. The van der Waals surface area contributed by atoms with Crippen LogP contribution < -0.4 is 0 Å². The number of rotatable bonds is 3. The zero-order valence-corrected chi connectivity index (χ0v) is 18.4. The lowest BCUT2D eigenvalue weighted by molar-refractivity contribution is -0.188. The van der Waals surface area contributed by atoms with Gasteiger partial charge in [-0.15, -0.1) is 0 Å². The fourth-order valence-corrected chi connectivity index (χ4v) is 7.15. The average molecular weight is 432 g/mol. The number of carbonyl (C=O) groups is 4. The number of ether oxygens (including phenoxy) is 1. The second kappa shape index (κ2) is 6.67. The van der Waals surface area contributed by atoms with E-state index < -0.39 is 64.0 Å². The molecule has 0 amide bonds. The first kappa shape index (κ1) is 22.1. The number of alkyl halides is 1. The molecule has 0 saturated heterocycles. The van der Waals surface area contributed by atoms with E-state index in [0.717, 1.165) is 0 Å². The van der Waals surface area contributed by atoms with Gasteiger partial charge in [-0.1, -0.05) is 25.5 Å². The molecule has 0 spiro atoms. The minimum absolute atomic E-state index is 0.206. The van der Waals surface area contributed by atoms with Crippen molar-refractivity contribution in [3.63, 3.8) is 0 Å². The van der Waals surface area contributed by atoms with Gasteiger partial charge in [0.15, 0.2) is 23.8 Å². The van der Waals surface area contributed by atoms with Crippen molar-refractivity contribution >= 4 is 23.3 Å². The summed E-state index contributed by atoms with van der Waals surface area (Å²) >= 11 is 0. The van der Waals surface area contributed by atoms with Gasteiger partial charge < -0.3 is 9.84 Å². The third-order valence-electron chi connectivity index (χ3n) is 8.82. The number of fused-ring (bicyclic) bond motifs is 5. The maximum Gasteiger partial charge on any atom is 0.303 e. The number of carbonyl (C=O) groups excluding carboxylic acids is 4. The van der Waals surface area contributed by atoms with Gasteiger partial charge in [0.1, 0.15) is 5.60 Å². The number of Topliss-reactive ketones (excluding diaryl/α,β-unsaturated/α-hetero) is 2. The van der Waals surface area contributed by atoms with E-state index in [4.69, 9.17) is 4.74 Å². The fraction of sp³-hybridized carbons (Fsp3) is 0.667. The van der Waals surface area contributed by atoms with Crippen molar-refractivity contribution in [2.75, 3.05) is 6.61 Å². The van der Waals surface area contributed by atoms with Crippen molar-refractivity contribution in [2.24, 2.45) is 28.6 Å². The lowest BCUT2D eigenvalue weighted by atomic mass is 9.45. The zero-order valence-electron chi connectivity index (χ0n) is 18.4. The Kier molecular flexibility index (Phi) is 4.75. The minimum atomic E-state index is -2.21. The Hall–Kier alpha value is -2.15. The number of esters is 1. The molecule has 0 heterocycles. The summed E-state index contributed by atoms with van der Waals surface area (Å²) in [6, 6.07) is 0. The van der Waals surface area contributed by atoms with Crippen LogP contribution in [0.3, 0.4) is 0 Å². The molecule has 0 aliphatic heterocycles. The molecule has 4 rings (SSSR count). The first-order chi connectivity index (χ1) is 14.3. The fourth-order valence-electron chi connectivity index (χ4n) is 7.15. The van der Waals surface area contributed by atoms with E-state index in [2.05, 4.69) is 0 Å². The van der Waals surface area contributed by atoms with Crippen LogP contribution in [0, 0.1) is 28.6 Å². The first-order valence-electron chi connectivity index (χ1n) is 10.9. The molecule has 168 valence electrons. The minimum Gasteiger partial charge on any atom is -0.458 e. The highest BCUT2D eigenvalue weighted by Crippen LogP contribution is 2.69. The summed E-state index contributed by atoms with van der Waals surface area (Å²) in [5.74, 6) is -3.74. The second-order valence-corrected chi connectivity index (χ2v) is 10.2. The standard InChI is InChI=1S/C24H29FO6/c1-13-9-18-17-6-5-15-10-16(27)7-8-21(15,3)23(17,25)19(28)11-22(18,4)24(13,30)20(29)12-31-14(2)26/h7-8,10,13,17-18,30H,5-6,9,11-12H2,1-4H3/t13-,17?,18?,21-,22-,23-,24-/m0/s1. The van der Waals surface area contributed by atoms with Gasteiger partial charge in [-0.3, -0.25) is 19.2 Å². The van der Waals surface area contributed by atoms with Gasteiger partial charge in [-0.2, -0.15) is 0 Å². The summed E-state index contributed by atoms with van der Waals surface area (Å²) in [6.07, 6.45) is 5.23. The molecular weight excluding hydrogens is 403 g/mol. The summed E-state index contributed by atoms with van der Waals surface area (Å²) in [7, 11) is 0. The molecule has 0 aromatic rings. The van der Waals surface area contributed by atoms with Crippen LogP contribution in [0.25, 0.3) is 0 Å². The maximum atomic E-state index is 16.9. The van der Waals surface area contributed by atoms with Gasteiger partial charge >= 0.3 is 5.97 Å². The number of hydrogen-bond acceptors (Lipinski definition) is 6. The molecule has 0 aromatic carbocycles. The molecule has 7 heteroatoms. The smallest absolute Gasteiger partial charge is 0.303 e. The maximum absolute atomic E-state index is 16.9. The summed E-state index contributed by atoms with van der Waals surface area (Å²) in [5, 5.41) is 11.6. The summed E-state index contributed by atoms with van der Waals surface area (Å²) < 4.78 is 21.8. The quantitative estimate of drug-likeness (QED) is 0.689. The van der Waals surface area contributed by atoms with Crippen LogP contribution in [0.5, 0.6) is 0 Å². The topological polar surface area (TPSA) is 97.7 Å². The number of halogens is 1. The second-order valence-electron chi connectivity index (χ2n) is 10.2. The first-order valence-corrected chi connectivity index (χ1v) is 10.9. The van der Waals surface area contributed by atoms with Gasteiger partial charge in [0.25, 0.3) is 0 Å². The Morgan fingerprint density at radius 3 is 2.58 bits per heavy atom. The van der Waals surface area contributed by atoms with Crippen LogP contribution in [0.2, 0.25) is 0 Å². The van der Waals surface area contributed by atoms with Crippen LogP contribution >= 0.6 is 0 Å². The Morgan fingerprint density at radius 1 is 1.26 bits per heavy atom. The van der Waals surface area contributed by atoms with E-state index in [1.165, 1.54) is 25.2 Å². The highest BCUT2D eigenvalue weighted by molar-refractivity contribution is 6.03. The SMILES string of the molecule is CC(=O)OCC(=O)[C@@]1(O)[C@@H](C)CC2C3CCC4=CC(=O)C=C[C@]4(C)[C@@]3(F)C(=O)C[C@@]21C. The highest BCUT2D eigenvalue weighted by Gasteiger charge is 2.75. The summed E-state index contributed by atoms with van der Waals surface area (Å²) in [5.41, 5.74) is -5.84. The average Bonchev–Trinajstić information content (AvgIpc) is 2.89. The van der Waals surface area contributed by atoms with Crippen molar-refractivity contribution in [1.29, 1.82) is 0 Å². The van der Waals surface area contributed by atoms with Gasteiger partial charge in [0.05, 0.1) is 0 Å². The number of hydrogen-bond donors (Lipinski definition) is 1.